The number of rotatable bonds is 4. The van der Waals surface area contributed by atoms with Crippen LogP contribution in [0.25, 0.3) is 17.0 Å². The highest BCUT2D eigenvalue weighted by molar-refractivity contribution is 8.18. The molecule has 25 heavy (non-hydrogen) atoms. The highest BCUT2D eigenvalue weighted by Gasteiger charge is 2.36. The van der Waals surface area contributed by atoms with Crippen LogP contribution in [0, 0.1) is 5.82 Å². The van der Waals surface area contributed by atoms with Crippen molar-refractivity contribution in [1.82, 2.24) is 9.88 Å². The molecule has 1 aliphatic heterocycles. The number of fused-ring (bicyclic) bond motifs is 1. The van der Waals surface area contributed by atoms with Crippen LogP contribution >= 0.6 is 11.8 Å². The summed E-state index contributed by atoms with van der Waals surface area (Å²) in [6, 6.07) is 7.50. The van der Waals surface area contributed by atoms with Gasteiger partial charge in [-0.25, -0.2) is 9.37 Å². The minimum absolute atomic E-state index is 0.170. The maximum Gasteiger partial charge on any atom is 0.326 e. The zero-order valence-electron chi connectivity index (χ0n) is 13.2. The Kier molecular flexibility index (Phi) is 4.80. The SMILES string of the molecule is CCOC(=O)CN1C(=O)S/C(=C/c2ccc3cc(F)ccc3n2)C1=O. The molecule has 0 N–H and O–H groups in total. The van der Waals surface area contributed by atoms with Gasteiger partial charge in [0.05, 0.1) is 22.7 Å². The van der Waals surface area contributed by atoms with E-state index in [0.717, 1.165) is 16.7 Å². The number of amides is 2. The molecule has 1 aliphatic rings. The fourth-order valence-corrected chi connectivity index (χ4v) is 3.12. The third kappa shape index (κ3) is 3.69. The Balaban J connectivity index is 1.84. The number of ether oxygens (including phenoxy) is 1. The van der Waals surface area contributed by atoms with Gasteiger partial charge in [-0.2, -0.15) is 0 Å². The molecule has 0 unspecified atom stereocenters. The average Bonchev–Trinajstić information content (AvgIpc) is 2.83. The highest BCUT2D eigenvalue weighted by atomic mass is 32.2. The van der Waals surface area contributed by atoms with Crippen LogP contribution in [0.1, 0.15) is 12.6 Å². The number of aromatic nitrogens is 1. The molecule has 8 heteroatoms. The molecule has 0 aliphatic carbocycles. The lowest BCUT2D eigenvalue weighted by Gasteiger charge is -2.10. The lowest BCUT2D eigenvalue weighted by molar-refractivity contribution is -0.145. The van der Waals surface area contributed by atoms with Gasteiger partial charge in [0.1, 0.15) is 12.4 Å². The van der Waals surface area contributed by atoms with Crippen LogP contribution in [-0.2, 0) is 14.3 Å². The second-order valence-electron chi connectivity index (χ2n) is 5.15. The van der Waals surface area contributed by atoms with E-state index in [1.165, 1.54) is 24.3 Å². The molecule has 3 rings (SSSR count). The second kappa shape index (κ2) is 7.02. The van der Waals surface area contributed by atoms with E-state index < -0.39 is 23.7 Å². The van der Waals surface area contributed by atoms with E-state index >= 15 is 0 Å². The number of carbonyl (C=O) groups excluding carboxylic acids is 3. The zero-order chi connectivity index (χ0) is 18.0. The van der Waals surface area contributed by atoms with Crippen molar-refractivity contribution < 1.29 is 23.5 Å². The van der Waals surface area contributed by atoms with Crippen LogP contribution in [0.4, 0.5) is 9.18 Å². The Labute approximate surface area is 146 Å². The molecule has 0 saturated carbocycles. The molecular formula is C17H13FN2O4S. The van der Waals surface area contributed by atoms with E-state index in [-0.39, 0.29) is 17.3 Å². The summed E-state index contributed by atoms with van der Waals surface area (Å²) in [7, 11) is 0. The van der Waals surface area contributed by atoms with Crippen molar-refractivity contribution in [2.75, 3.05) is 13.2 Å². The third-order valence-corrected chi connectivity index (χ3v) is 4.33. The molecule has 0 atom stereocenters. The van der Waals surface area contributed by atoms with E-state index in [2.05, 4.69) is 4.98 Å². The molecule has 6 nitrogen and oxygen atoms in total. The van der Waals surface area contributed by atoms with Crippen LogP contribution in [0.15, 0.2) is 35.2 Å². The van der Waals surface area contributed by atoms with E-state index in [1.807, 2.05) is 0 Å². The Hall–Kier alpha value is -2.74. The Bertz CT molecular complexity index is 913. The van der Waals surface area contributed by atoms with Crippen molar-refractivity contribution in [2.24, 2.45) is 0 Å². The number of esters is 1. The maximum absolute atomic E-state index is 13.2. The summed E-state index contributed by atoms with van der Waals surface area (Å²) in [5.41, 5.74) is 1.03. The number of nitrogens with zero attached hydrogens (tertiary/aromatic N) is 2. The van der Waals surface area contributed by atoms with E-state index in [4.69, 9.17) is 4.74 Å². The monoisotopic (exact) mass is 360 g/mol. The molecule has 0 bridgehead atoms. The Morgan fingerprint density at radius 1 is 1.32 bits per heavy atom. The minimum atomic E-state index is -0.642. The number of thioether (sulfide) groups is 1. The van der Waals surface area contributed by atoms with Crippen LogP contribution in [0.2, 0.25) is 0 Å². The van der Waals surface area contributed by atoms with Gasteiger partial charge in [-0.3, -0.25) is 19.3 Å². The van der Waals surface area contributed by atoms with Gasteiger partial charge < -0.3 is 4.74 Å². The molecule has 128 valence electrons. The van der Waals surface area contributed by atoms with Gasteiger partial charge in [-0.15, -0.1) is 0 Å². The lowest BCUT2D eigenvalue weighted by atomic mass is 10.2. The number of pyridine rings is 1. The van der Waals surface area contributed by atoms with E-state index in [0.29, 0.717) is 16.6 Å². The quantitative estimate of drug-likeness (QED) is 0.616. The molecule has 1 aromatic carbocycles. The standard InChI is InChI=1S/C17H13FN2O4S/c1-2-24-15(21)9-20-16(22)14(25-17(20)23)8-12-5-3-10-7-11(18)4-6-13(10)19-12/h3-8H,2,9H2,1H3/b14-8+. The Morgan fingerprint density at radius 2 is 2.12 bits per heavy atom. The number of hydrogen-bond acceptors (Lipinski definition) is 6. The summed E-state index contributed by atoms with van der Waals surface area (Å²) >= 11 is 0.735. The van der Waals surface area contributed by atoms with Crippen molar-refractivity contribution in [3.8, 4) is 0 Å². The summed E-state index contributed by atoms with van der Waals surface area (Å²) in [5.74, 6) is -1.57. The van der Waals surface area contributed by atoms with Gasteiger partial charge in [0, 0.05) is 5.39 Å². The smallest absolute Gasteiger partial charge is 0.326 e. The number of halogens is 1. The molecule has 2 amide bonds. The third-order valence-electron chi connectivity index (χ3n) is 3.42. The topological polar surface area (TPSA) is 76.6 Å². The molecule has 2 heterocycles. The van der Waals surface area contributed by atoms with Gasteiger partial charge in [0.25, 0.3) is 11.1 Å². The number of benzene rings is 1. The molecular weight excluding hydrogens is 347 g/mol. The van der Waals surface area contributed by atoms with Crippen LogP contribution in [0.3, 0.4) is 0 Å². The molecule has 0 radical (unpaired) electrons. The van der Waals surface area contributed by atoms with Crippen molar-refractivity contribution in [1.29, 1.82) is 0 Å². The lowest BCUT2D eigenvalue weighted by Crippen LogP contribution is -2.34. The number of carbonyl (C=O) groups is 3. The zero-order valence-corrected chi connectivity index (χ0v) is 14.0. The maximum atomic E-state index is 13.2. The molecule has 1 fully saturated rings. The van der Waals surface area contributed by atoms with Crippen LogP contribution in [0.5, 0.6) is 0 Å². The molecule has 1 saturated heterocycles. The van der Waals surface area contributed by atoms with Gasteiger partial charge >= 0.3 is 5.97 Å². The van der Waals surface area contributed by atoms with Crippen molar-refractivity contribution in [3.05, 3.63) is 46.7 Å². The first-order chi connectivity index (χ1) is 12.0. The fraction of sp³-hybridized carbons (Fsp3) is 0.176. The normalized spacial score (nSPS) is 16.1. The first-order valence-corrected chi connectivity index (χ1v) is 8.27. The Morgan fingerprint density at radius 3 is 2.88 bits per heavy atom. The second-order valence-corrected chi connectivity index (χ2v) is 6.14. The first kappa shape index (κ1) is 17.1. The minimum Gasteiger partial charge on any atom is -0.465 e. The summed E-state index contributed by atoms with van der Waals surface area (Å²) in [6.45, 7) is 1.40. The summed E-state index contributed by atoms with van der Waals surface area (Å²) in [5, 5.41) is 0.0970. The van der Waals surface area contributed by atoms with Gasteiger partial charge in [-0.1, -0.05) is 6.07 Å². The fourth-order valence-electron chi connectivity index (χ4n) is 2.30. The summed E-state index contributed by atoms with van der Waals surface area (Å²) < 4.78 is 17.9. The van der Waals surface area contributed by atoms with Gasteiger partial charge in [0.15, 0.2) is 0 Å². The summed E-state index contributed by atoms with van der Waals surface area (Å²) in [4.78, 5) is 41.1. The van der Waals surface area contributed by atoms with Crippen molar-refractivity contribution >= 4 is 45.9 Å². The average molecular weight is 360 g/mol. The van der Waals surface area contributed by atoms with Crippen molar-refractivity contribution in [3.63, 3.8) is 0 Å². The number of hydrogen-bond donors (Lipinski definition) is 0. The van der Waals surface area contributed by atoms with E-state index in [9.17, 15) is 18.8 Å². The predicted octanol–water partition coefficient (Wildman–Crippen LogP) is 2.97. The van der Waals surface area contributed by atoms with Crippen LogP contribution < -0.4 is 0 Å². The van der Waals surface area contributed by atoms with Crippen LogP contribution in [-0.4, -0.2) is 40.2 Å². The van der Waals surface area contributed by atoms with E-state index in [1.54, 1.807) is 19.1 Å². The molecule has 0 spiro atoms. The predicted molar refractivity (Wildman–Crippen MR) is 91.0 cm³/mol. The van der Waals surface area contributed by atoms with Crippen molar-refractivity contribution in [2.45, 2.75) is 6.92 Å². The van der Waals surface area contributed by atoms with Gasteiger partial charge in [-0.05, 0) is 49.0 Å². The largest absolute Gasteiger partial charge is 0.465 e. The molecule has 1 aromatic heterocycles. The highest BCUT2D eigenvalue weighted by Crippen LogP contribution is 2.32. The molecule has 2 aromatic rings. The van der Waals surface area contributed by atoms with Gasteiger partial charge in [0.2, 0.25) is 0 Å². The first-order valence-electron chi connectivity index (χ1n) is 7.45. The summed E-state index contributed by atoms with van der Waals surface area (Å²) in [6.07, 6.45) is 1.47. The number of imide groups is 1.